The van der Waals surface area contributed by atoms with Crippen molar-refractivity contribution in [2.75, 3.05) is 6.61 Å². The maximum Gasteiger partial charge on any atom is 0.339 e. The summed E-state index contributed by atoms with van der Waals surface area (Å²) in [6.45, 7) is 2.26. The Kier molecular flexibility index (Phi) is 3.07. The molecule has 2 aromatic rings. The summed E-state index contributed by atoms with van der Waals surface area (Å²) in [4.78, 5) is 18.5. The second-order valence-corrected chi connectivity index (χ2v) is 6.68. The maximum atomic E-state index is 12.2. The van der Waals surface area contributed by atoms with E-state index in [1.54, 1.807) is 11.3 Å². The highest BCUT2D eigenvalue weighted by atomic mass is 32.1. The molecule has 1 fully saturated rings. The Balaban J connectivity index is 1.86. The van der Waals surface area contributed by atoms with Gasteiger partial charge < -0.3 is 4.74 Å². The predicted octanol–water partition coefficient (Wildman–Crippen LogP) is 3.96. The van der Waals surface area contributed by atoms with Crippen LogP contribution in [-0.2, 0) is 17.6 Å². The Morgan fingerprint density at radius 3 is 3.05 bits per heavy atom. The minimum atomic E-state index is -0.217. The summed E-state index contributed by atoms with van der Waals surface area (Å²) in [6.07, 6.45) is 4.28. The van der Waals surface area contributed by atoms with E-state index in [9.17, 15) is 4.79 Å². The van der Waals surface area contributed by atoms with Gasteiger partial charge in [0.2, 0.25) is 0 Å². The van der Waals surface area contributed by atoms with Crippen LogP contribution >= 0.6 is 11.3 Å². The molecule has 2 aliphatic rings. The highest BCUT2D eigenvalue weighted by Gasteiger charge is 2.32. The summed E-state index contributed by atoms with van der Waals surface area (Å²) < 4.78 is 5.22. The van der Waals surface area contributed by atoms with Gasteiger partial charge in [0, 0.05) is 16.4 Å². The molecule has 0 aromatic carbocycles. The zero-order chi connectivity index (χ0) is 14.4. The number of aromatic nitrogens is 1. The minimum absolute atomic E-state index is 0.217. The first-order valence-corrected chi connectivity index (χ1v) is 8.43. The molecule has 0 unspecified atom stereocenters. The molecule has 4 rings (SSSR count). The fourth-order valence-electron chi connectivity index (χ4n) is 3.03. The Labute approximate surface area is 128 Å². The molecular formula is C17H17NO2S. The molecule has 3 nitrogen and oxygen atoms in total. The summed E-state index contributed by atoms with van der Waals surface area (Å²) in [5.41, 5.74) is 5.18. The van der Waals surface area contributed by atoms with Gasteiger partial charge in [0.25, 0.3) is 0 Å². The number of pyridine rings is 1. The van der Waals surface area contributed by atoms with Gasteiger partial charge >= 0.3 is 5.97 Å². The number of hydrogen-bond donors (Lipinski definition) is 0. The van der Waals surface area contributed by atoms with Crippen LogP contribution in [0.4, 0.5) is 0 Å². The van der Waals surface area contributed by atoms with Gasteiger partial charge in [0.05, 0.1) is 23.6 Å². The zero-order valence-electron chi connectivity index (χ0n) is 12.0. The van der Waals surface area contributed by atoms with E-state index in [1.165, 1.54) is 16.0 Å². The molecule has 0 atom stereocenters. The molecule has 0 saturated heterocycles. The molecule has 0 bridgehead atoms. The summed E-state index contributed by atoms with van der Waals surface area (Å²) in [5.74, 6) is 0.226. The molecule has 1 saturated carbocycles. The van der Waals surface area contributed by atoms with E-state index in [0.717, 1.165) is 37.1 Å². The van der Waals surface area contributed by atoms with Crippen LogP contribution in [0.15, 0.2) is 17.5 Å². The predicted molar refractivity (Wildman–Crippen MR) is 82.9 cm³/mol. The Bertz CT molecular complexity index is 716. The molecule has 2 aromatic heterocycles. The number of carbonyl (C=O) groups is 1. The third kappa shape index (κ3) is 2.18. The number of nitrogens with zero attached hydrogens (tertiary/aromatic N) is 1. The molecule has 2 aliphatic carbocycles. The van der Waals surface area contributed by atoms with Crippen molar-refractivity contribution in [2.24, 2.45) is 0 Å². The van der Waals surface area contributed by atoms with Crippen molar-refractivity contribution in [1.82, 2.24) is 4.98 Å². The number of aryl methyl sites for hydroxylation is 2. The van der Waals surface area contributed by atoms with Gasteiger partial charge in [-0.05, 0) is 55.7 Å². The van der Waals surface area contributed by atoms with Gasteiger partial charge in [-0.2, -0.15) is 0 Å². The van der Waals surface area contributed by atoms with Gasteiger partial charge in [-0.15, -0.1) is 11.3 Å². The van der Waals surface area contributed by atoms with Crippen LogP contribution in [0, 0.1) is 0 Å². The lowest BCUT2D eigenvalue weighted by Gasteiger charge is -2.18. The fourth-order valence-corrected chi connectivity index (χ4v) is 3.91. The molecule has 0 amide bonds. The van der Waals surface area contributed by atoms with Gasteiger partial charge in [0.1, 0.15) is 0 Å². The number of ether oxygens (including phenoxy) is 1. The van der Waals surface area contributed by atoms with Crippen molar-refractivity contribution >= 4 is 17.3 Å². The molecule has 0 spiro atoms. The number of hydrogen-bond acceptors (Lipinski definition) is 4. The molecule has 0 N–H and O–H groups in total. The normalized spacial score (nSPS) is 16.2. The van der Waals surface area contributed by atoms with Crippen molar-refractivity contribution in [3.63, 3.8) is 0 Å². The average Bonchev–Trinajstić information content (AvgIpc) is 3.22. The van der Waals surface area contributed by atoms with Crippen molar-refractivity contribution in [2.45, 2.75) is 38.5 Å². The number of carbonyl (C=O) groups excluding carboxylic acids is 1. The molecular weight excluding hydrogens is 282 g/mol. The van der Waals surface area contributed by atoms with Crippen LogP contribution in [0.25, 0.3) is 11.3 Å². The van der Waals surface area contributed by atoms with Gasteiger partial charge in [-0.3, -0.25) is 4.98 Å². The quantitative estimate of drug-likeness (QED) is 0.805. The van der Waals surface area contributed by atoms with Crippen molar-refractivity contribution in [3.05, 3.63) is 39.2 Å². The average molecular weight is 299 g/mol. The first-order valence-electron chi connectivity index (χ1n) is 7.55. The van der Waals surface area contributed by atoms with Gasteiger partial charge in [0.15, 0.2) is 0 Å². The lowest BCUT2D eigenvalue weighted by atomic mass is 9.92. The molecule has 0 aliphatic heterocycles. The monoisotopic (exact) mass is 299 g/mol. The molecule has 2 heterocycles. The second kappa shape index (κ2) is 4.95. The highest BCUT2D eigenvalue weighted by molar-refractivity contribution is 7.10. The van der Waals surface area contributed by atoms with Crippen LogP contribution < -0.4 is 0 Å². The smallest absolute Gasteiger partial charge is 0.339 e. The van der Waals surface area contributed by atoms with Crippen molar-refractivity contribution in [1.29, 1.82) is 0 Å². The lowest BCUT2D eigenvalue weighted by Crippen LogP contribution is -2.13. The third-order valence-electron chi connectivity index (χ3n) is 4.21. The largest absolute Gasteiger partial charge is 0.462 e. The Hall–Kier alpha value is -1.68. The number of rotatable bonds is 3. The van der Waals surface area contributed by atoms with E-state index in [4.69, 9.17) is 9.72 Å². The number of esters is 1. The van der Waals surface area contributed by atoms with Crippen LogP contribution in [0.3, 0.4) is 0 Å². The number of fused-ring (bicyclic) bond motifs is 3. The Morgan fingerprint density at radius 2 is 2.29 bits per heavy atom. The van der Waals surface area contributed by atoms with Gasteiger partial charge in [-0.25, -0.2) is 4.79 Å². The molecule has 21 heavy (non-hydrogen) atoms. The van der Waals surface area contributed by atoms with E-state index in [-0.39, 0.29) is 5.97 Å². The highest BCUT2D eigenvalue weighted by Crippen LogP contribution is 2.44. The summed E-state index contributed by atoms with van der Waals surface area (Å²) >= 11 is 1.81. The molecule has 0 radical (unpaired) electrons. The summed E-state index contributed by atoms with van der Waals surface area (Å²) in [6, 6.07) is 4.19. The fraction of sp³-hybridized carbons (Fsp3) is 0.412. The zero-order valence-corrected chi connectivity index (χ0v) is 12.8. The summed E-state index contributed by atoms with van der Waals surface area (Å²) in [5, 5.41) is 2.14. The topological polar surface area (TPSA) is 39.2 Å². The minimum Gasteiger partial charge on any atom is -0.462 e. The second-order valence-electron chi connectivity index (χ2n) is 5.68. The standard InChI is InChI=1S/C17H17NO2S/c1-2-20-17(19)13-9-11-5-6-14-12(7-8-21-14)16(11)18-15(13)10-3-4-10/h7-10H,2-6H2,1H3. The maximum absolute atomic E-state index is 12.2. The third-order valence-corrected chi connectivity index (χ3v) is 5.19. The van der Waals surface area contributed by atoms with E-state index < -0.39 is 0 Å². The van der Waals surface area contributed by atoms with E-state index in [0.29, 0.717) is 18.1 Å². The van der Waals surface area contributed by atoms with E-state index in [2.05, 4.69) is 11.4 Å². The number of thiophene rings is 1. The SMILES string of the molecule is CCOC(=O)c1cc2c(nc1C1CC1)-c1ccsc1CC2. The van der Waals surface area contributed by atoms with Crippen molar-refractivity contribution in [3.8, 4) is 11.3 Å². The first-order chi connectivity index (χ1) is 10.3. The van der Waals surface area contributed by atoms with E-state index in [1.807, 2.05) is 13.0 Å². The first kappa shape index (κ1) is 13.0. The van der Waals surface area contributed by atoms with Crippen molar-refractivity contribution < 1.29 is 9.53 Å². The van der Waals surface area contributed by atoms with Crippen LogP contribution in [0.1, 0.15) is 52.2 Å². The molecule has 108 valence electrons. The van der Waals surface area contributed by atoms with Crippen LogP contribution in [0.5, 0.6) is 0 Å². The Morgan fingerprint density at radius 1 is 1.43 bits per heavy atom. The van der Waals surface area contributed by atoms with Crippen LogP contribution in [-0.4, -0.2) is 17.6 Å². The lowest BCUT2D eigenvalue weighted by molar-refractivity contribution is 0.0524. The molecule has 4 heteroatoms. The van der Waals surface area contributed by atoms with Crippen LogP contribution in [0.2, 0.25) is 0 Å². The van der Waals surface area contributed by atoms with Gasteiger partial charge in [-0.1, -0.05) is 0 Å². The van der Waals surface area contributed by atoms with E-state index >= 15 is 0 Å². The summed E-state index contributed by atoms with van der Waals surface area (Å²) in [7, 11) is 0.